The zero-order chi connectivity index (χ0) is 24.2. The Bertz CT molecular complexity index is 1070. The van der Waals surface area contributed by atoms with Crippen molar-refractivity contribution in [2.45, 2.75) is 32.0 Å². The first-order chi connectivity index (χ1) is 15.4. The molecule has 1 atom stereocenters. The highest BCUT2D eigenvalue weighted by molar-refractivity contribution is 5.64. The van der Waals surface area contributed by atoms with Gasteiger partial charge in [0, 0.05) is 29.9 Å². The first-order valence-electron chi connectivity index (χ1n) is 9.83. The molecule has 0 radical (unpaired) electrons. The highest BCUT2D eigenvalue weighted by atomic mass is 19.4. The molecule has 0 saturated carbocycles. The molecular formula is C22H23F3N4O4. The maximum absolute atomic E-state index is 12.4. The van der Waals surface area contributed by atoms with Gasteiger partial charge in [-0.3, -0.25) is 5.32 Å². The summed E-state index contributed by atoms with van der Waals surface area (Å²) in [6.45, 7) is 3.24. The van der Waals surface area contributed by atoms with Gasteiger partial charge >= 0.3 is 6.36 Å². The number of pyridine rings is 1. The van der Waals surface area contributed by atoms with E-state index in [0.29, 0.717) is 22.7 Å². The average molecular weight is 464 g/mol. The smallest absolute Gasteiger partial charge is 0.481 e. The van der Waals surface area contributed by atoms with E-state index in [1.165, 1.54) is 43.6 Å². The third-order valence-corrected chi connectivity index (χ3v) is 4.34. The van der Waals surface area contributed by atoms with E-state index in [0.717, 1.165) is 0 Å². The van der Waals surface area contributed by atoms with Crippen molar-refractivity contribution in [3.8, 4) is 34.3 Å². The second-order valence-corrected chi connectivity index (χ2v) is 7.76. The van der Waals surface area contributed by atoms with Crippen LogP contribution in [0.2, 0.25) is 0 Å². The Morgan fingerprint density at radius 1 is 1.03 bits per heavy atom. The zero-order valence-electron chi connectivity index (χ0n) is 18.1. The van der Waals surface area contributed by atoms with Gasteiger partial charge in [0.25, 0.3) is 0 Å². The van der Waals surface area contributed by atoms with Crippen LogP contribution in [-0.4, -0.2) is 50.8 Å². The van der Waals surface area contributed by atoms with E-state index in [4.69, 9.17) is 4.74 Å². The molecule has 11 heteroatoms. The van der Waals surface area contributed by atoms with Crippen LogP contribution in [0, 0.1) is 0 Å². The largest absolute Gasteiger partial charge is 0.573 e. The van der Waals surface area contributed by atoms with Crippen LogP contribution in [0.5, 0.6) is 11.6 Å². The second-order valence-electron chi connectivity index (χ2n) is 7.76. The number of methoxy groups -OCH3 is 1. The molecule has 0 aliphatic rings. The number of hydrogen-bond donors (Lipinski definition) is 3. The van der Waals surface area contributed by atoms with Crippen LogP contribution in [0.4, 0.5) is 13.2 Å². The fourth-order valence-corrected chi connectivity index (χ4v) is 2.79. The highest BCUT2D eigenvalue weighted by Crippen LogP contribution is 2.28. The average Bonchev–Trinajstić information content (AvgIpc) is 2.76. The summed E-state index contributed by atoms with van der Waals surface area (Å²) >= 11 is 0. The van der Waals surface area contributed by atoms with Crippen molar-refractivity contribution in [3.63, 3.8) is 0 Å². The number of aliphatic hydroxyl groups excluding tert-OH is 1. The van der Waals surface area contributed by atoms with Crippen molar-refractivity contribution in [1.82, 2.24) is 20.3 Å². The van der Waals surface area contributed by atoms with E-state index in [1.807, 2.05) is 0 Å². The third kappa shape index (κ3) is 7.11. The lowest BCUT2D eigenvalue weighted by Crippen LogP contribution is -2.37. The maximum atomic E-state index is 12.4. The van der Waals surface area contributed by atoms with E-state index in [-0.39, 0.29) is 23.8 Å². The van der Waals surface area contributed by atoms with Gasteiger partial charge < -0.3 is 19.7 Å². The Hall–Kier alpha value is -3.28. The summed E-state index contributed by atoms with van der Waals surface area (Å²) in [5.74, 6) is 0.256. The van der Waals surface area contributed by atoms with Gasteiger partial charge in [-0.1, -0.05) is 0 Å². The van der Waals surface area contributed by atoms with Gasteiger partial charge in [0.1, 0.15) is 12.0 Å². The molecular weight excluding hydrogens is 441 g/mol. The second kappa shape index (κ2) is 9.69. The Labute approximate surface area is 188 Å². The Morgan fingerprint density at radius 2 is 1.70 bits per heavy atom. The van der Waals surface area contributed by atoms with Crippen LogP contribution in [0.3, 0.4) is 0 Å². The topological polar surface area (TPSA) is 110 Å². The first kappa shape index (κ1) is 24.4. The Morgan fingerprint density at radius 3 is 2.24 bits per heavy atom. The van der Waals surface area contributed by atoms with Crippen LogP contribution in [0.1, 0.15) is 25.8 Å². The van der Waals surface area contributed by atoms with Crippen LogP contribution in [-0.2, 0) is 0 Å². The van der Waals surface area contributed by atoms with Crippen molar-refractivity contribution < 1.29 is 32.9 Å². The van der Waals surface area contributed by atoms with E-state index in [9.17, 15) is 23.4 Å². The summed E-state index contributed by atoms with van der Waals surface area (Å²) in [5.41, 5.74) is 0.490. The van der Waals surface area contributed by atoms with Crippen molar-refractivity contribution in [2.75, 3.05) is 13.7 Å². The maximum Gasteiger partial charge on any atom is 0.573 e. The Balaban J connectivity index is 1.99. The predicted molar refractivity (Wildman–Crippen MR) is 113 cm³/mol. The quantitative estimate of drug-likeness (QED) is 0.435. The first-order valence-corrected chi connectivity index (χ1v) is 9.83. The molecule has 0 saturated heterocycles. The number of nitrogens with one attached hydrogen (secondary N) is 1. The van der Waals surface area contributed by atoms with Crippen LogP contribution in [0.15, 0.2) is 48.7 Å². The van der Waals surface area contributed by atoms with Crippen molar-refractivity contribution in [3.05, 3.63) is 54.4 Å². The number of benzene rings is 1. The van der Waals surface area contributed by atoms with E-state index >= 15 is 0 Å². The van der Waals surface area contributed by atoms with Crippen LogP contribution < -0.4 is 14.8 Å². The van der Waals surface area contributed by atoms with E-state index in [1.54, 1.807) is 26.0 Å². The number of aromatic nitrogens is 3. The summed E-state index contributed by atoms with van der Waals surface area (Å²) in [5, 5.41) is 23.3. The van der Waals surface area contributed by atoms with Gasteiger partial charge in [0.2, 0.25) is 5.88 Å². The van der Waals surface area contributed by atoms with Gasteiger partial charge in [-0.15, -0.1) is 13.2 Å². The van der Waals surface area contributed by atoms with E-state index < -0.39 is 18.2 Å². The molecule has 1 unspecified atom stereocenters. The highest BCUT2D eigenvalue weighted by Gasteiger charge is 2.31. The number of rotatable bonds is 8. The summed E-state index contributed by atoms with van der Waals surface area (Å²) in [4.78, 5) is 13.0. The number of aliphatic hydroxyl groups is 2. The fraction of sp³-hybridized carbons (Fsp3) is 0.318. The molecule has 8 nitrogen and oxygen atoms in total. The molecule has 0 bridgehead atoms. The van der Waals surface area contributed by atoms with Crippen molar-refractivity contribution >= 4 is 0 Å². The number of alkyl halides is 3. The van der Waals surface area contributed by atoms with Crippen molar-refractivity contribution in [2.24, 2.45) is 0 Å². The van der Waals surface area contributed by atoms with Crippen LogP contribution >= 0.6 is 0 Å². The number of halogens is 3. The molecule has 0 amide bonds. The van der Waals surface area contributed by atoms with Crippen LogP contribution in [0.25, 0.3) is 22.6 Å². The van der Waals surface area contributed by atoms with Gasteiger partial charge in [0.15, 0.2) is 5.82 Å². The summed E-state index contributed by atoms with van der Waals surface area (Å²) < 4.78 is 46.3. The molecule has 176 valence electrons. The minimum Gasteiger partial charge on any atom is -0.481 e. The normalized spacial score (nSPS) is 13.0. The molecule has 0 fully saturated rings. The molecule has 0 spiro atoms. The number of nitrogens with zero attached hydrogens (tertiary/aromatic N) is 3. The standard InChI is InChI=1S/C22H23F3N4O4/c1-21(2,31)12-27-20(30)17-10-16(13-4-7-15(8-5-13)33-22(23,24)25)28-19(29-17)14-6-9-18(32-3)26-11-14/h4-11,20,27,30-31H,12H2,1-3H3. The van der Waals surface area contributed by atoms with Gasteiger partial charge in [-0.2, -0.15) is 0 Å². The minimum atomic E-state index is -4.80. The molecule has 3 aromatic rings. The molecule has 2 heterocycles. The summed E-state index contributed by atoms with van der Waals surface area (Å²) in [7, 11) is 1.48. The predicted octanol–water partition coefficient (Wildman–Crippen LogP) is 3.46. The van der Waals surface area contributed by atoms with Crippen molar-refractivity contribution in [1.29, 1.82) is 0 Å². The summed E-state index contributed by atoms with van der Waals surface area (Å²) in [6, 6.07) is 9.98. The SMILES string of the molecule is COc1ccc(-c2nc(-c3ccc(OC(F)(F)F)cc3)cc(C(O)NCC(C)(C)O)n2)cn1. The van der Waals surface area contributed by atoms with E-state index in [2.05, 4.69) is 25.0 Å². The molecule has 33 heavy (non-hydrogen) atoms. The number of ether oxygens (including phenoxy) is 2. The lowest BCUT2D eigenvalue weighted by Gasteiger charge is -2.21. The molecule has 3 N–H and O–H groups in total. The fourth-order valence-electron chi connectivity index (χ4n) is 2.79. The molecule has 1 aromatic carbocycles. The molecule has 0 aliphatic carbocycles. The Kier molecular flexibility index (Phi) is 7.15. The zero-order valence-corrected chi connectivity index (χ0v) is 18.1. The van der Waals surface area contributed by atoms with Gasteiger partial charge in [-0.25, -0.2) is 15.0 Å². The third-order valence-electron chi connectivity index (χ3n) is 4.34. The number of hydrogen-bond acceptors (Lipinski definition) is 8. The molecule has 3 rings (SSSR count). The minimum absolute atomic E-state index is 0.0798. The van der Waals surface area contributed by atoms with Gasteiger partial charge in [0.05, 0.1) is 24.1 Å². The monoisotopic (exact) mass is 464 g/mol. The summed E-state index contributed by atoms with van der Waals surface area (Å²) in [6.07, 6.45) is -4.54. The molecule has 2 aromatic heterocycles. The molecule has 0 aliphatic heterocycles. The lowest BCUT2D eigenvalue weighted by molar-refractivity contribution is -0.274. The van der Waals surface area contributed by atoms with Gasteiger partial charge in [-0.05, 0) is 50.2 Å². The lowest BCUT2D eigenvalue weighted by atomic mass is 10.1.